The average Bonchev–Trinajstić information content (AvgIpc) is 2.14. The van der Waals surface area contributed by atoms with Crippen molar-refractivity contribution < 1.29 is 9.59 Å². The van der Waals surface area contributed by atoms with Crippen LogP contribution in [0.15, 0.2) is 9.98 Å². The molecule has 1 atom stereocenters. The molecule has 0 aromatic heterocycles. The van der Waals surface area contributed by atoms with Gasteiger partial charge < -0.3 is 0 Å². The summed E-state index contributed by atoms with van der Waals surface area (Å²) >= 11 is 0. The Kier molecular flexibility index (Phi) is 3.23. The molecule has 0 radical (unpaired) electrons. The summed E-state index contributed by atoms with van der Waals surface area (Å²) in [6.45, 7) is 5.91. The minimum absolute atomic E-state index is 0.0733. The molecule has 0 heterocycles. The highest BCUT2D eigenvalue weighted by molar-refractivity contribution is 5.40. The number of hydrogen-bond donors (Lipinski definition) is 0. The normalized spacial score (nSPS) is 33.7. The van der Waals surface area contributed by atoms with Crippen molar-refractivity contribution in [2.75, 3.05) is 0 Å². The summed E-state index contributed by atoms with van der Waals surface area (Å²) in [6.07, 6.45) is 5.98. The molecule has 1 aliphatic rings. The minimum atomic E-state index is -0.964. The average molecular weight is 208 g/mol. The standard InChI is InChI=1S/C11H16N2O2/c1-9-5-4-6-10(2,3)11(9,12-7-14)13-8-15/h9H,4-6H2,1-3H3. The van der Waals surface area contributed by atoms with Crippen LogP contribution >= 0.6 is 0 Å². The van der Waals surface area contributed by atoms with Gasteiger partial charge in [-0.25, -0.2) is 9.59 Å². The summed E-state index contributed by atoms with van der Waals surface area (Å²) in [5.41, 5.74) is -1.26. The lowest BCUT2D eigenvalue weighted by Gasteiger charge is -2.46. The molecule has 4 nitrogen and oxygen atoms in total. The van der Waals surface area contributed by atoms with E-state index >= 15 is 0 Å². The van der Waals surface area contributed by atoms with Gasteiger partial charge in [0, 0.05) is 11.3 Å². The minimum Gasteiger partial charge on any atom is -0.211 e. The second kappa shape index (κ2) is 4.09. The monoisotopic (exact) mass is 208 g/mol. The zero-order chi connectivity index (χ0) is 11.5. The SMILES string of the molecule is CC1CCCC(C)(C)C1(N=C=O)N=C=O. The molecule has 15 heavy (non-hydrogen) atoms. The maximum absolute atomic E-state index is 10.5. The van der Waals surface area contributed by atoms with E-state index in [0.29, 0.717) is 0 Å². The third-order valence-electron chi connectivity index (χ3n) is 3.55. The highest BCUT2D eigenvalue weighted by atomic mass is 16.1. The summed E-state index contributed by atoms with van der Waals surface area (Å²) in [6, 6.07) is 0. The second-order valence-electron chi connectivity index (χ2n) is 4.81. The van der Waals surface area contributed by atoms with Crippen LogP contribution in [-0.2, 0) is 9.59 Å². The summed E-state index contributed by atoms with van der Waals surface area (Å²) in [5, 5.41) is 0. The molecular formula is C11H16N2O2. The van der Waals surface area contributed by atoms with Gasteiger partial charge in [0.05, 0.1) is 0 Å². The first-order valence-electron chi connectivity index (χ1n) is 5.18. The lowest BCUT2D eigenvalue weighted by atomic mass is 9.64. The molecule has 0 aromatic carbocycles. The fourth-order valence-corrected chi connectivity index (χ4v) is 2.59. The summed E-state index contributed by atoms with van der Waals surface area (Å²) in [5.74, 6) is 0.0733. The number of hydrogen-bond acceptors (Lipinski definition) is 4. The molecule has 0 spiro atoms. The topological polar surface area (TPSA) is 58.9 Å². The molecule has 0 aliphatic heterocycles. The number of isocyanates is 2. The first kappa shape index (κ1) is 11.8. The van der Waals surface area contributed by atoms with Crippen LogP contribution in [-0.4, -0.2) is 17.8 Å². The van der Waals surface area contributed by atoms with Crippen LogP contribution in [0.2, 0.25) is 0 Å². The van der Waals surface area contributed by atoms with E-state index in [4.69, 9.17) is 0 Å². The molecule has 1 saturated carbocycles. The largest absolute Gasteiger partial charge is 0.237 e. The van der Waals surface area contributed by atoms with Crippen LogP contribution in [0, 0.1) is 11.3 Å². The Hall–Kier alpha value is -1.24. The summed E-state index contributed by atoms with van der Waals surface area (Å²) in [4.78, 5) is 28.6. The molecule has 1 fully saturated rings. The molecule has 0 bridgehead atoms. The van der Waals surface area contributed by atoms with Crippen molar-refractivity contribution in [1.29, 1.82) is 0 Å². The van der Waals surface area contributed by atoms with E-state index in [-0.39, 0.29) is 11.3 Å². The van der Waals surface area contributed by atoms with E-state index in [1.54, 1.807) is 12.2 Å². The van der Waals surface area contributed by atoms with E-state index in [1.165, 1.54) is 0 Å². The van der Waals surface area contributed by atoms with E-state index in [0.717, 1.165) is 19.3 Å². The third kappa shape index (κ3) is 1.79. The molecule has 4 heteroatoms. The Morgan fingerprint density at radius 2 is 1.73 bits per heavy atom. The van der Waals surface area contributed by atoms with Crippen molar-refractivity contribution in [1.82, 2.24) is 0 Å². The Labute approximate surface area is 89.5 Å². The molecule has 1 unspecified atom stereocenters. The number of nitrogens with zero attached hydrogens (tertiary/aromatic N) is 2. The third-order valence-corrected chi connectivity index (χ3v) is 3.55. The molecule has 0 aromatic rings. The van der Waals surface area contributed by atoms with Crippen LogP contribution in [0.3, 0.4) is 0 Å². The first-order chi connectivity index (χ1) is 7.00. The molecule has 0 N–H and O–H groups in total. The quantitative estimate of drug-likeness (QED) is 0.516. The molecule has 1 aliphatic carbocycles. The van der Waals surface area contributed by atoms with Gasteiger partial charge in [0.1, 0.15) is 0 Å². The van der Waals surface area contributed by atoms with Crippen molar-refractivity contribution in [2.45, 2.75) is 45.7 Å². The van der Waals surface area contributed by atoms with Gasteiger partial charge in [-0.05, 0) is 12.8 Å². The number of aliphatic imine (C=N–C) groups is 2. The maximum Gasteiger partial charge on any atom is 0.237 e. The number of rotatable bonds is 2. The predicted molar refractivity (Wildman–Crippen MR) is 55.8 cm³/mol. The van der Waals surface area contributed by atoms with Crippen molar-refractivity contribution in [3.8, 4) is 0 Å². The van der Waals surface area contributed by atoms with Crippen LogP contribution < -0.4 is 0 Å². The highest BCUT2D eigenvalue weighted by Gasteiger charge is 2.52. The molecule has 82 valence electrons. The Morgan fingerprint density at radius 3 is 2.13 bits per heavy atom. The first-order valence-corrected chi connectivity index (χ1v) is 5.18. The lowest BCUT2D eigenvalue weighted by molar-refractivity contribution is 0.0576. The highest BCUT2D eigenvalue weighted by Crippen LogP contribution is 2.50. The van der Waals surface area contributed by atoms with Gasteiger partial charge in [0.25, 0.3) is 0 Å². The zero-order valence-electron chi connectivity index (χ0n) is 9.41. The lowest BCUT2D eigenvalue weighted by Crippen LogP contribution is -2.49. The van der Waals surface area contributed by atoms with Crippen molar-refractivity contribution in [3.05, 3.63) is 0 Å². The smallest absolute Gasteiger partial charge is 0.211 e. The van der Waals surface area contributed by atoms with Crippen LogP contribution in [0.1, 0.15) is 40.0 Å². The fraction of sp³-hybridized carbons (Fsp3) is 0.818. The number of carbonyl (C=O) groups excluding carboxylic acids is 2. The van der Waals surface area contributed by atoms with E-state index in [1.807, 2.05) is 20.8 Å². The van der Waals surface area contributed by atoms with Gasteiger partial charge >= 0.3 is 0 Å². The summed E-state index contributed by atoms with van der Waals surface area (Å²) < 4.78 is 0. The van der Waals surface area contributed by atoms with Crippen LogP contribution in [0.4, 0.5) is 0 Å². The van der Waals surface area contributed by atoms with E-state index in [2.05, 4.69) is 9.98 Å². The van der Waals surface area contributed by atoms with Gasteiger partial charge in [0.15, 0.2) is 5.66 Å². The maximum atomic E-state index is 10.5. The molecular weight excluding hydrogens is 192 g/mol. The van der Waals surface area contributed by atoms with E-state index in [9.17, 15) is 9.59 Å². The van der Waals surface area contributed by atoms with Crippen molar-refractivity contribution in [3.63, 3.8) is 0 Å². The van der Waals surface area contributed by atoms with Gasteiger partial charge in [-0.3, -0.25) is 0 Å². The molecule has 0 amide bonds. The van der Waals surface area contributed by atoms with Gasteiger partial charge in [-0.15, -0.1) is 0 Å². The summed E-state index contributed by atoms with van der Waals surface area (Å²) in [7, 11) is 0. The van der Waals surface area contributed by atoms with Gasteiger partial charge in [-0.1, -0.05) is 27.2 Å². The Morgan fingerprint density at radius 1 is 1.20 bits per heavy atom. The predicted octanol–water partition coefficient (Wildman–Crippen LogP) is 2.20. The van der Waals surface area contributed by atoms with Crippen molar-refractivity contribution >= 4 is 12.2 Å². The van der Waals surface area contributed by atoms with Crippen LogP contribution in [0.5, 0.6) is 0 Å². The zero-order valence-corrected chi connectivity index (χ0v) is 9.41. The molecule has 0 saturated heterocycles. The Bertz CT molecular complexity index is 318. The van der Waals surface area contributed by atoms with Gasteiger partial charge in [-0.2, -0.15) is 9.98 Å². The van der Waals surface area contributed by atoms with E-state index < -0.39 is 5.66 Å². The Balaban J connectivity index is 3.30. The van der Waals surface area contributed by atoms with Crippen molar-refractivity contribution in [2.24, 2.45) is 21.3 Å². The molecule has 1 rings (SSSR count). The second-order valence-corrected chi connectivity index (χ2v) is 4.81. The van der Waals surface area contributed by atoms with Crippen LogP contribution in [0.25, 0.3) is 0 Å². The fourth-order valence-electron chi connectivity index (χ4n) is 2.59. The van der Waals surface area contributed by atoms with Gasteiger partial charge in [0.2, 0.25) is 12.2 Å².